The lowest BCUT2D eigenvalue weighted by Gasteiger charge is -2.06. The van der Waals surface area contributed by atoms with E-state index in [2.05, 4.69) is 22.2 Å². The van der Waals surface area contributed by atoms with E-state index in [0.29, 0.717) is 0 Å². The summed E-state index contributed by atoms with van der Waals surface area (Å²) < 4.78 is 9.48. The zero-order valence-electron chi connectivity index (χ0n) is 13.1. The summed E-state index contributed by atoms with van der Waals surface area (Å²) in [6.45, 7) is 2.90. The standard InChI is InChI=1S/C17H19N5O/c1-2-16-18-9-10-21(16)17-11-22(20-19-17)14-5-7-15(8-6-14)23-12-13-3-4-13/h5-11,13H,2-4,12H2,1H3. The highest BCUT2D eigenvalue weighted by atomic mass is 16.5. The summed E-state index contributed by atoms with van der Waals surface area (Å²) in [4.78, 5) is 4.31. The first kappa shape index (κ1) is 14.0. The number of hydrogen-bond acceptors (Lipinski definition) is 4. The van der Waals surface area contributed by atoms with Gasteiger partial charge in [0.25, 0.3) is 0 Å². The normalized spacial score (nSPS) is 14.1. The molecule has 0 saturated heterocycles. The Balaban J connectivity index is 1.51. The predicted molar refractivity (Wildman–Crippen MR) is 86.1 cm³/mol. The molecule has 0 unspecified atom stereocenters. The molecular weight excluding hydrogens is 290 g/mol. The van der Waals surface area contributed by atoms with Crippen molar-refractivity contribution in [1.29, 1.82) is 0 Å². The highest BCUT2D eigenvalue weighted by molar-refractivity contribution is 5.37. The topological polar surface area (TPSA) is 57.8 Å². The molecule has 1 fully saturated rings. The highest BCUT2D eigenvalue weighted by Crippen LogP contribution is 2.29. The zero-order valence-corrected chi connectivity index (χ0v) is 13.1. The molecule has 3 aromatic rings. The van der Waals surface area contributed by atoms with Crippen molar-refractivity contribution in [2.75, 3.05) is 6.61 Å². The summed E-state index contributed by atoms with van der Waals surface area (Å²) in [7, 11) is 0. The number of ether oxygens (including phenoxy) is 1. The van der Waals surface area contributed by atoms with Crippen LogP contribution >= 0.6 is 0 Å². The smallest absolute Gasteiger partial charge is 0.181 e. The van der Waals surface area contributed by atoms with Gasteiger partial charge in [0.15, 0.2) is 5.82 Å². The molecular formula is C17H19N5O. The molecule has 0 radical (unpaired) electrons. The fraction of sp³-hybridized carbons (Fsp3) is 0.353. The van der Waals surface area contributed by atoms with Crippen LogP contribution in [0.25, 0.3) is 11.5 Å². The van der Waals surface area contributed by atoms with Crippen molar-refractivity contribution in [1.82, 2.24) is 24.5 Å². The van der Waals surface area contributed by atoms with Gasteiger partial charge in [-0.15, -0.1) is 5.10 Å². The molecule has 1 saturated carbocycles. The van der Waals surface area contributed by atoms with Crippen molar-refractivity contribution < 1.29 is 4.74 Å². The molecule has 1 aliphatic carbocycles. The molecule has 23 heavy (non-hydrogen) atoms. The van der Waals surface area contributed by atoms with Gasteiger partial charge in [-0.2, -0.15) is 0 Å². The number of nitrogens with zero attached hydrogens (tertiary/aromatic N) is 5. The predicted octanol–water partition coefficient (Wildman–Crippen LogP) is 2.80. The lowest BCUT2D eigenvalue weighted by molar-refractivity contribution is 0.300. The van der Waals surface area contributed by atoms with Gasteiger partial charge >= 0.3 is 0 Å². The molecule has 6 nitrogen and oxygen atoms in total. The fourth-order valence-corrected chi connectivity index (χ4v) is 2.49. The first-order valence-electron chi connectivity index (χ1n) is 8.01. The third kappa shape index (κ3) is 2.97. The van der Waals surface area contributed by atoms with Crippen LogP contribution in [0.4, 0.5) is 0 Å². The van der Waals surface area contributed by atoms with Crippen molar-refractivity contribution in [3.63, 3.8) is 0 Å². The number of aromatic nitrogens is 5. The average molecular weight is 309 g/mol. The van der Waals surface area contributed by atoms with E-state index in [1.165, 1.54) is 12.8 Å². The van der Waals surface area contributed by atoms with Crippen LogP contribution in [-0.4, -0.2) is 31.2 Å². The van der Waals surface area contributed by atoms with Crippen LogP contribution in [0.3, 0.4) is 0 Å². The second-order valence-corrected chi connectivity index (χ2v) is 5.84. The first-order chi connectivity index (χ1) is 11.3. The minimum atomic E-state index is 0.760. The van der Waals surface area contributed by atoms with E-state index in [9.17, 15) is 0 Å². The molecule has 6 heteroatoms. The molecule has 118 valence electrons. The van der Waals surface area contributed by atoms with Gasteiger partial charge < -0.3 is 4.74 Å². The van der Waals surface area contributed by atoms with Crippen molar-refractivity contribution in [3.8, 4) is 17.3 Å². The third-order valence-corrected chi connectivity index (χ3v) is 4.05. The molecule has 1 aromatic carbocycles. The molecule has 0 atom stereocenters. The van der Waals surface area contributed by atoms with Crippen LogP contribution < -0.4 is 4.74 Å². The minimum absolute atomic E-state index is 0.760. The molecule has 0 aliphatic heterocycles. The Labute approximate surface area is 134 Å². The number of hydrogen-bond donors (Lipinski definition) is 0. The monoisotopic (exact) mass is 309 g/mol. The van der Waals surface area contributed by atoms with E-state index in [1.807, 2.05) is 41.2 Å². The Hall–Kier alpha value is -2.63. The number of rotatable bonds is 6. The van der Waals surface area contributed by atoms with E-state index in [4.69, 9.17) is 4.74 Å². The molecule has 0 N–H and O–H groups in total. The zero-order chi connectivity index (χ0) is 15.6. The maximum Gasteiger partial charge on any atom is 0.181 e. The van der Waals surface area contributed by atoms with E-state index >= 15 is 0 Å². The van der Waals surface area contributed by atoms with Crippen LogP contribution in [0.1, 0.15) is 25.6 Å². The first-order valence-corrected chi connectivity index (χ1v) is 8.01. The van der Waals surface area contributed by atoms with Crippen LogP contribution in [-0.2, 0) is 6.42 Å². The largest absolute Gasteiger partial charge is 0.493 e. The second-order valence-electron chi connectivity index (χ2n) is 5.84. The fourth-order valence-electron chi connectivity index (χ4n) is 2.49. The summed E-state index contributed by atoms with van der Waals surface area (Å²) in [5.74, 6) is 3.41. The van der Waals surface area contributed by atoms with Crippen LogP contribution in [0.15, 0.2) is 42.9 Å². The van der Waals surface area contributed by atoms with Crippen LogP contribution in [0.5, 0.6) is 5.75 Å². The van der Waals surface area contributed by atoms with Gasteiger partial charge in [0.05, 0.1) is 18.5 Å². The molecule has 0 bridgehead atoms. The SMILES string of the molecule is CCc1nccn1-c1cn(-c2ccc(OCC3CC3)cc2)nn1. The minimum Gasteiger partial charge on any atom is -0.493 e. The molecule has 1 aliphatic rings. The van der Waals surface area contributed by atoms with Gasteiger partial charge in [0.1, 0.15) is 11.6 Å². The Kier molecular flexibility index (Phi) is 3.57. The number of imidazole rings is 1. The number of benzene rings is 1. The van der Waals surface area contributed by atoms with E-state index in [1.54, 1.807) is 10.9 Å². The van der Waals surface area contributed by atoms with Crippen molar-refractivity contribution in [3.05, 3.63) is 48.7 Å². The van der Waals surface area contributed by atoms with Gasteiger partial charge in [-0.05, 0) is 43.0 Å². The van der Waals surface area contributed by atoms with Crippen molar-refractivity contribution in [2.24, 2.45) is 5.92 Å². The Morgan fingerprint density at radius 1 is 1.22 bits per heavy atom. The van der Waals surface area contributed by atoms with Crippen molar-refractivity contribution in [2.45, 2.75) is 26.2 Å². The molecule has 4 rings (SSSR count). The van der Waals surface area contributed by atoms with Crippen LogP contribution in [0, 0.1) is 5.92 Å². The second kappa shape index (κ2) is 5.87. The summed E-state index contributed by atoms with van der Waals surface area (Å²) in [5, 5.41) is 8.45. The van der Waals surface area contributed by atoms with Crippen molar-refractivity contribution >= 4 is 0 Å². The summed E-state index contributed by atoms with van der Waals surface area (Å²) in [6, 6.07) is 7.95. The van der Waals surface area contributed by atoms with Gasteiger partial charge in [-0.3, -0.25) is 4.57 Å². The highest BCUT2D eigenvalue weighted by Gasteiger charge is 2.21. The Morgan fingerprint density at radius 2 is 2.04 bits per heavy atom. The summed E-state index contributed by atoms with van der Waals surface area (Å²) in [6.07, 6.45) is 9.04. The van der Waals surface area contributed by atoms with Gasteiger partial charge in [0.2, 0.25) is 0 Å². The lowest BCUT2D eigenvalue weighted by Crippen LogP contribution is -2.00. The third-order valence-electron chi connectivity index (χ3n) is 4.05. The van der Waals surface area contributed by atoms with E-state index in [0.717, 1.165) is 42.0 Å². The Morgan fingerprint density at radius 3 is 2.78 bits per heavy atom. The molecule has 2 heterocycles. The van der Waals surface area contributed by atoms with Crippen LogP contribution in [0.2, 0.25) is 0 Å². The maximum absolute atomic E-state index is 5.76. The maximum atomic E-state index is 5.76. The Bertz CT molecular complexity index is 785. The summed E-state index contributed by atoms with van der Waals surface area (Å²) >= 11 is 0. The van der Waals surface area contributed by atoms with E-state index < -0.39 is 0 Å². The molecule has 2 aromatic heterocycles. The van der Waals surface area contributed by atoms with Gasteiger partial charge in [-0.1, -0.05) is 12.1 Å². The van der Waals surface area contributed by atoms with E-state index in [-0.39, 0.29) is 0 Å². The quantitative estimate of drug-likeness (QED) is 0.702. The molecule has 0 spiro atoms. The lowest BCUT2D eigenvalue weighted by atomic mass is 10.3. The average Bonchev–Trinajstić information content (AvgIpc) is 3.10. The molecule has 0 amide bonds. The summed E-state index contributed by atoms with van der Waals surface area (Å²) in [5.41, 5.74) is 0.959. The van der Waals surface area contributed by atoms with Gasteiger partial charge in [0, 0.05) is 18.8 Å². The number of aryl methyl sites for hydroxylation is 1. The van der Waals surface area contributed by atoms with Gasteiger partial charge in [-0.25, -0.2) is 9.67 Å².